The number of halogens is 1. The molecule has 1 aromatic carbocycles. The molecule has 1 rings (SSSR count). The van der Waals surface area contributed by atoms with E-state index in [1.54, 1.807) is 12.1 Å². The van der Waals surface area contributed by atoms with Crippen LogP contribution in [0.5, 0.6) is 5.75 Å². The largest absolute Gasteiger partial charge is 0.441 e. The smallest absolute Gasteiger partial charge is 0.248 e. The summed E-state index contributed by atoms with van der Waals surface area (Å²) in [5.41, 5.74) is 0. The molecule has 0 radical (unpaired) electrons. The molecule has 0 saturated heterocycles. The lowest BCUT2D eigenvalue weighted by Gasteiger charge is -2.20. The molecule has 0 aliphatic heterocycles. The van der Waals surface area contributed by atoms with Gasteiger partial charge in [-0.2, -0.15) is 0 Å². The molecule has 0 fully saturated rings. The summed E-state index contributed by atoms with van der Waals surface area (Å²) < 4.78 is 18.5. The predicted molar refractivity (Wildman–Crippen MR) is 79.2 cm³/mol. The lowest BCUT2D eigenvalue weighted by atomic mass is 10.3. The van der Waals surface area contributed by atoms with Crippen molar-refractivity contribution in [2.24, 2.45) is 0 Å². The van der Waals surface area contributed by atoms with Crippen LogP contribution in [0.15, 0.2) is 24.3 Å². The third kappa shape index (κ3) is 5.04. The van der Waals surface area contributed by atoms with Crippen molar-refractivity contribution in [2.75, 3.05) is 12.3 Å². The Bertz CT molecular complexity index is 395. The topological polar surface area (TPSA) is 26.3 Å². The van der Waals surface area contributed by atoms with E-state index in [4.69, 9.17) is 16.1 Å². The molecule has 0 aromatic heterocycles. The van der Waals surface area contributed by atoms with Crippen molar-refractivity contribution < 1.29 is 9.09 Å². The zero-order valence-corrected chi connectivity index (χ0v) is 12.8. The number of benzene rings is 1. The summed E-state index contributed by atoms with van der Waals surface area (Å²) in [6.45, 7) is 4.19. The molecule has 1 aromatic rings. The van der Waals surface area contributed by atoms with E-state index in [9.17, 15) is 4.57 Å². The van der Waals surface area contributed by atoms with Gasteiger partial charge in [0.25, 0.3) is 0 Å². The first-order valence-corrected chi connectivity index (χ1v) is 9.01. The minimum atomic E-state index is -2.59. The maximum Gasteiger partial charge on any atom is 0.248 e. The van der Waals surface area contributed by atoms with Crippen LogP contribution in [0.2, 0.25) is 5.02 Å². The van der Waals surface area contributed by atoms with Crippen LogP contribution in [-0.2, 0) is 4.57 Å². The fourth-order valence-corrected chi connectivity index (χ4v) is 4.45. The lowest BCUT2D eigenvalue weighted by molar-refractivity contribution is 0.476. The number of hydrogen-bond acceptors (Lipinski definition) is 2. The van der Waals surface area contributed by atoms with Gasteiger partial charge in [-0.15, -0.1) is 0 Å². The van der Waals surface area contributed by atoms with E-state index in [-0.39, 0.29) is 0 Å². The van der Waals surface area contributed by atoms with Gasteiger partial charge < -0.3 is 4.52 Å². The lowest BCUT2D eigenvalue weighted by Crippen LogP contribution is -2.03. The number of rotatable bonds is 8. The molecular formula is C14H22ClO2P. The van der Waals surface area contributed by atoms with Gasteiger partial charge in [0.15, 0.2) is 0 Å². The highest BCUT2D eigenvalue weighted by Crippen LogP contribution is 2.50. The van der Waals surface area contributed by atoms with Crippen LogP contribution in [0, 0.1) is 0 Å². The molecule has 0 N–H and O–H groups in total. The summed E-state index contributed by atoms with van der Waals surface area (Å²) in [7, 11) is -2.59. The molecule has 4 heteroatoms. The van der Waals surface area contributed by atoms with Crippen LogP contribution in [-0.4, -0.2) is 12.3 Å². The minimum absolute atomic E-state index is 0.533. The molecule has 0 heterocycles. The fourth-order valence-electron chi connectivity index (χ4n) is 1.70. The second-order valence-electron chi connectivity index (χ2n) is 4.49. The van der Waals surface area contributed by atoms with Crippen molar-refractivity contribution in [3.8, 4) is 5.75 Å². The van der Waals surface area contributed by atoms with E-state index < -0.39 is 7.37 Å². The van der Waals surface area contributed by atoms with Crippen LogP contribution in [0.25, 0.3) is 0 Å². The Labute approximate surface area is 115 Å². The molecule has 0 atom stereocenters. The van der Waals surface area contributed by atoms with E-state index >= 15 is 0 Å². The highest BCUT2D eigenvalue weighted by atomic mass is 35.5. The fraction of sp³-hybridized carbons (Fsp3) is 0.571. The molecular weight excluding hydrogens is 267 g/mol. The molecule has 0 aliphatic carbocycles. The van der Waals surface area contributed by atoms with Crippen molar-refractivity contribution in [3.63, 3.8) is 0 Å². The van der Waals surface area contributed by atoms with E-state index in [1.165, 1.54) is 0 Å². The molecule has 2 nitrogen and oxygen atoms in total. The highest BCUT2D eigenvalue weighted by molar-refractivity contribution is 7.59. The van der Waals surface area contributed by atoms with Gasteiger partial charge in [-0.25, -0.2) is 0 Å². The Morgan fingerprint density at radius 3 is 2.17 bits per heavy atom. The molecule has 0 unspecified atom stereocenters. The van der Waals surface area contributed by atoms with Crippen LogP contribution in [0.3, 0.4) is 0 Å². The van der Waals surface area contributed by atoms with Gasteiger partial charge in [0.05, 0.1) is 5.02 Å². The third-order valence-corrected chi connectivity index (χ3v) is 5.64. The van der Waals surface area contributed by atoms with E-state index in [1.807, 2.05) is 12.1 Å². The summed E-state index contributed by atoms with van der Waals surface area (Å²) in [5.74, 6) is 0.551. The van der Waals surface area contributed by atoms with Crippen LogP contribution < -0.4 is 4.52 Å². The van der Waals surface area contributed by atoms with Crippen LogP contribution >= 0.6 is 19.0 Å². The van der Waals surface area contributed by atoms with Crippen molar-refractivity contribution in [2.45, 2.75) is 39.5 Å². The number of hydrogen-bond donors (Lipinski definition) is 0. The molecule has 0 bridgehead atoms. The zero-order valence-electron chi connectivity index (χ0n) is 11.2. The SMILES string of the molecule is CCCCP(=O)(CCCC)Oc1ccccc1Cl. The first kappa shape index (κ1) is 15.6. The summed E-state index contributed by atoms with van der Waals surface area (Å²) in [6, 6.07) is 7.25. The standard InChI is InChI=1S/C14H22ClO2P/c1-3-5-11-18(16,12-6-4-2)17-14-10-8-7-9-13(14)15/h7-10H,3-6,11-12H2,1-2H3. The monoisotopic (exact) mass is 288 g/mol. The van der Waals surface area contributed by atoms with Gasteiger partial charge in [0.1, 0.15) is 5.75 Å². The summed E-state index contributed by atoms with van der Waals surface area (Å²) >= 11 is 6.05. The van der Waals surface area contributed by atoms with Gasteiger partial charge in [-0.1, -0.05) is 50.4 Å². The molecule has 0 saturated carbocycles. The van der Waals surface area contributed by atoms with E-state index in [0.717, 1.165) is 25.7 Å². The van der Waals surface area contributed by atoms with Gasteiger partial charge in [-0.05, 0) is 25.0 Å². The highest BCUT2D eigenvalue weighted by Gasteiger charge is 2.24. The molecule has 0 aliphatic rings. The summed E-state index contributed by atoms with van der Waals surface area (Å²) in [5, 5.41) is 0.533. The van der Waals surface area contributed by atoms with Crippen molar-refractivity contribution in [1.82, 2.24) is 0 Å². The molecule has 0 spiro atoms. The second-order valence-corrected chi connectivity index (χ2v) is 7.60. The second kappa shape index (κ2) is 7.86. The van der Waals surface area contributed by atoms with E-state index in [0.29, 0.717) is 23.1 Å². The Morgan fingerprint density at radius 2 is 1.67 bits per heavy atom. The molecule has 0 amide bonds. The number of para-hydroxylation sites is 1. The quantitative estimate of drug-likeness (QED) is 0.582. The maximum atomic E-state index is 12.8. The summed E-state index contributed by atoms with van der Waals surface area (Å²) in [4.78, 5) is 0. The van der Waals surface area contributed by atoms with Crippen molar-refractivity contribution in [3.05, 3.63) is 29.3 Å². The first-order valence-electron chi connectivity index (χ1n) is 6.63. The maximum absolute atomic E-state index is 12.8. The number of unbranched alkanes of at least 4 members (excludes halogenated alkanes) is 2. The minimum Gasteiger partial charge on any atom is -0.441 e. The zero-order chi connectivity index (χ0) is 13.4. The van der Waals surface area contributed by atoms with Gasteiger partial charge in [0, 0.05) is 12.3 Å². The first-order chi connectivity index (χ1) is 8.61. The third-order valence-electron chi connectivity index (χ3n) is 2.81. The molecule has 18 heavy (non-hydrogen) atoms. The van der Waals surface area contributed by atoms with Gasteiger partial charge >= 0.3 is 0 Å². The Balaban J connectivity index is 2.77. The van der Waals surface area contributed by atoms with Crippen LogP contribution in [0.1, 0.15) is 39.5 Å². The Morgan fingerprint density at radius 1 is 1.11 bits per heavy atom. The van der Waals surface area contributed by atoms with Crippen LogP contribution in [0.4, 0.5) is 0 Å². The normalized spacial score (nSPS) is 11.5. The van der Waals surface area contributed by atoms with Gasteiger partial charge in [-0.3, -0.25) is 4.57 Å². The summed E-state index contributed by atoms with van der Waals surface area (Å²) in [6.07, 6.45) is 5.23. The van der Waals surface area contributed by atoms with E-state index in [2.05, 4.69) is 13.8 Å². The average Bonchev–Trinajstić information content (AvgIpc) is 2.37. The molecule has 102 valence electrons. The van der Waals surface area contributed by atoms with Crippen molar-refractivity contribution >= 4 is 19.0 Å². The predicted octanol–water partition coefficient (Wildman–Crippen LogP) is 5.60. The van der Waals surface area contributed by atoms with Gasteiger partial charge in [0.2, 0.25) is 7.37 Å². The van der Waals surface area contributed by atoms with Crippen molar-refractivity contribution in [1.29, 1.82) is 0 Å². The Kier molecular flexibility index (Phi) is 6.81. The Hall–Kier alpha value is -0.460. The average molecular weight is 289 g/mol.